The van der Waals surface area contributed by atoms with Gasteiger partial charge in [0.15, 0.2) is 0 Å². The number of aryl methyl sites for hydroxylation is 1. The summed E-state index contributed by atoms with van der Waals surface area (Å²) in [4.78, 5) is 0. The van der Waals surface area contributed by atoms with Crippen LogP contribution in [0.25, 0.3) is 0 Å². The van der Waals surface area contributed by atoms with Crippen LogP contribution in [0.15, 0.2) is 18.2 Å². The van der Waals surface area contributed by atoms with Gasteiger partial charge < -0.3 is 0 Å². The monoisotopic (exact) mass is 207 g/mol. The molecule has 0 amide bonds. The van der Waals surface area contributed by atoms with Crippen LogP contribution >= 0.6 is 11.6 Å². The molecule has 0 bridgehead atoms. The fraction of sp³-hybridized carbons (Fsp3) is 0.417. The van der Waals surface area contributed by atoms with Gasteiger partial charge >= 0.3 is 0 Å². The first kappa shape index (κ1) is 11.1. The molecule has 1 rings (SSSR count). The Hall–Kier alpha value is -1.00. The van der Waals surface area contributed by atoms with Crippen LogP contribution in [0.3, 0.4) is 0 Å². The number of halogens is 1. The highest BCUT2D eigenvalue weighted by Gasteiger charge is 2.18. The minimum absolute atomic E-state index is 0.348. The molecule has 0 aromatic heterocycles. The van der Waals surface area contributed by atoms with E-state index in [1.165, 1.54) is 0 Å². The summed E-state index contributed by atoms with van der Waals surface area (Å²) >= 11 is 6.08. The Morgan fingerprint density at radius 1 is 1.43 bits per heavy atom. The summed E-state index contributed by atoms with van der Waals surface area (Å²) in [5, 5.41) is 9.67. The zero-order valence-electron chi connectivity index (χ0n) is 8.76. The number of nitrogens with zero attached hydrogens (tertiary/aromatic N) is 1. The van der Waals surface area contributed by atoms with E-state index < -0.39 is 0 Å². The molecule has 1 nitrogen and oxygen atoms in total. The first-order valence-corrected chi connectivity index (χ1v) is 4.99. The summed E-state index contributed by atoms with van der Waals surface area (Å²) in [7, 11) is 0. The van der Waals surface area contributed by atoms with Crippen LogP contribution in [-0.2, 0) is 6.42 Å². The molecule has 0 aliphatic carbocycles. The van der Waals surface area contributed by atoms with E-state index in [0.717, 1.165) is 16.1 Å². The van der Waals surface area contributed by atoms with E-state index >= 15 is 0 Å². The Morgan fingerprint density at radius 2 is 2.07 bits per heavy atom. The molecule has 0 radical (unpaired) electrons. The Morgan fingerprint density at radius 3 is 2.57 bits per heavy atom. The smallest absolute Gasteiger partial charge is 0.0687 e. The van der Waals surface area contributed by atoms with Gasteiger partial charge in [0.25, 0.3) is 0 Å². The average Bonchev–Trinajstić information content (AvgIpc) is 2.10. The van der Waals surface area contributed by atoms with Crippen molar-refractivity contribution in [2.45, 2.75) is 27.2 Å². The predicted molar refractivity (Wildman–Crippen MR) is 59.3 cm³/mol. The van der Waals surface area contributed by atoms with Gasteiger partial charge in [0.05, 0.1) is 11.5 Å². The normalized spacial score (nSPS) is 11.1. The summed E-state index contributed by atoms with van der Waals surface area (Å²) < 4.78 is 0. The van der Waals surface area contributed by atoms with Crippen molar-refractivity contribution in [2.24, 2.45) is 5.41 Å². The largest absolute Gasteiger partial charge is 0.198 e. The van der Waals surface area contributed by atoms with Crippen LogP contribution in [0.1, 0.15) is 25.0 Å². The van der Waals surface area contributed by atoms with E-state index in [1.807, 2.05) is 39.0 Å². The van der Waals surface area contributed by atoms with E-state index in [4.69, 9.17) is 16.9 Å². The first-order chi connectivity index (χ1) is 6.44. The molecule has 0 fully saturated rings. The third-order valence-electron chi connectivity index (χ3n) is 2.14. The SMILES string of the molecule is Cc1ccc(CC(C)(C)C#N)c(Cl)c1. The summed E-state index contributed by atoms with van der Waals surface area (Å²) in [6.45, 7) is 5.84. The molecule has 14 heavy (non-hydrogen) atoms. The Bertz CT molecular complexity index is 374. The zero-order valence-corrected chi connectivity index (χ0v) is 9.52. The van der Waals surface area contributed by atoms with E-state index in [2.05, 4.69) is 6.07 Å². The quantitative estimate of drug-likeness (QED) is 0.725. The van der Waals surface area contributed by atoms with Crippen molar-refractivity contribution in [1.82, 2.24) is 0 Å². The van der Waals surface area contributed by atoms with Gasteiger partial charge in [-0.2, -0.15) is 5.26 Å². The molecular formula is C12H14ClN. The summed E-state index contributed by atoms with van der Waals surface area (Å²) in [5.41, 5.74) is 1.84. The molecular weight excluding hydrogens is 194 g/mol. The van der Waals surface area contributed by atoms with Gasteiger partial charge in [0.1, 0.15) is 0 Å². The Kier molecular flexibility index (Phi) is 3.18. The lowest BCUT2D eigenvalue weighted by Crippen LogP contribution is -2.12. The second-order valence-corrected chi connectivity index (χ2v) is 4.67. The molecule has 2 heteroatoms. The molecule has 0 spiro atoms. The average molecular weight is 208 g/mol. The lowest BCUT2D eigenvalue weighted by molar-refractivity contribution is 0.493. The van der Waals surface area contributed by atoms with Crippen molar-refractivity contribution in [3.63, 3.8) is 0 Å². The number of rotatable bonds is 2. The third kappa shape index (κ3) is 2.75. The second-order valence-electron chi connectivity index (χ2n) is 4.27. The summed E-state index contributed by atoms with van der Waals surface area (Å²) in [6.07, 6.45) is 0.697. The highest BCUT2D eigenvalue weighted by molar-refractivity contribution is 6.31. The fourth-order valence-corrected chi connectivity index (χ4v) is 1.61. The van der Waals surface area contributed by atoms with Gasteiger partial charge in [0.2, 0.25) is 0 Å². The molecule has 0 aliphatic heterocycles. The van der Waals surface area contributed by atoms with Crippen molar-refractivity contribution >= 4 is 11.6 Å². The lowest BCUT2D eigenvalue weighted by Gasteiger charge is -2.16. The molecule has 0 unspecified atom stereocenters. The lowest BCUT2D eigenvalue weighted by atomic mass is 9.87. The maximum Gasteiger partial charge on any atom is 0.0687 e. The van der Waals surface area contributed by atoms with E-state index in [0.29, 0.717) is 6.42 Å². The molecule has 0 heterocycles. The minimum Gasteiger partial charge on any atom is -0.198 e. The second kappa shape index (κ2) is 4.02. The molecule has 0 saturated carbocycles. The van der Waals surface area contributed by atoms with Gasteiger partial charge in [-0.1, -0.05) is 23.7 Å². The Labute approximate surface area is 90.3 Å². The van der Waals surface area contributed by atoms with Crippen molar-refractivity contribution in [3.8, 4) is 6.07 Å². The molecule has 0 aliphatic rings. The number of nitriles is 1. The maximum atomic E-state index is 8.91. The van der Waals surface area contributed by atoms with Gasteiger partial charge in [-0.15, -0.1) is 0 Å². The highest BCUT2D eigenvalue weighted by Crippen LogP contribution is 2.26. The molecule has 0 saturated heterocycles. The molecule has 0 N–H and O–H groups in total. The van der Waals surface area contributed by atoms with Crippen LogP contribution in [0.4, 0.5) is 0 Å². The molecule has 1 aromatic carbocycles. The zero-order chi connectivity index (χ0) is 10.8. The number of hydrogen-bond donors (Lipinski definition) is 0. The van der Waals surface area contributed by atoms with Crippen LogP contribution in [0.5, 0.6) is 0 Å². The maximum absolute atomic E-state index is 8.91. The van der Waals surface area contributed by atoms with Crippen LogP contribution in [0.2, 0.25) is 5.02 Å². The number of hydrogen-bond acceptors (Lipinski definition) is 1. The standard InChI is InChI=1S/C12H14ClN/c1-9-4-5-10(11(13)6-9)7-12(2,3)8-14/h4-6H,7H2,1-3H3. The van der Waals surface area contributed by atoms with Crippen molar-refractivity contribution < 1.29 is 0 Å². The molecule has 1 aromatic rings. The highest BCUT2D eigenvalue weighted by atomic mass is 35.5. The van der Waals surface area contributed by atoms with Crippen LogP contribution in [-0.4, -0.2) is 0 Å². The number of benzene rings is 1. The van der Waals surface area contributed by atoms with Crippen molar-refractivity contribution in [3.05, 3.63) is 34.3 Å². The fourth-order valence-electron chi connectivity index (χ4n) is 1.31. The summed E-state index contributed by atoms with van der Waals surface area (Å²) in [5.74, 6) is 0. The van der Waals surface area contributed by atoms with Crippen LogP contribution in [0, 0.1) is 23.7 Å². The van der Waals surface area contributed by atoms with Gasteiger partial charge in [-0.3, -0.25) is 0 Å². The molecule has 74 valence electrons. The van der Waals surface area contributed by atoms with Gasteiger partial charge in [-0.25, -0.2) is 0 Å². The third-order valence-corrected chi connectivity index (χ3v) is 2.50. The van der Waals surface area contributed by atoms with E-state index in [9.17, 15) is 0 Å². The van der Waals surface area contributed by atoms with Gasteiger partial charge in [0, 0.05) is 5.02 Å². The molecule has 0 atom stereocenters. The van der Waals surface area contributed by atoms with Gasteiger partial charge in [-0.05, 0) is 44.4 Å². The van der Waals surface area contributed by atoms with E-state index in [1.54, 1.807) is 0 Å². The topological polar surface area (TPSA) is 23.8 Å². The van der Waals surface area contributed by atoms with Crippen LogP contribution < -0.4 is 0 Å². The summed E-state index contributed by atoms with van der Waals surface area (Å²) in [6, 6.07) is 8.23. The van der Waals surface area contributed by atoms with E-state index in [-0.39, 0.29) is 5.41 Å². The Balaban J connectivity index is 2.94. The minimum atomic E-state index is -0.348. The van der Waals surface area contributed by atoms with Crippen molar-refractivity contribution in [1.29, 1.82) is 5.26 Å². The van der Waals surface area contributed by atoms with Crippen molar-refractivity contribution in [2.75, 3.05) is 0 Å². The predicted octanol–water partition coefficient (Wildman–Crippen LogP) is 3.74. The first-order valence-electron chi connectivity index (χ1n) is 4.61.